The van der Waals surface area contributed by atoms with Gasteiger partial charge in [0.15, 0.2) is 5.82 Å². The Labute approximate surface area is 132 Å². The van der Waals surface area contributed by atoms with Crippen molar-refractivity contribution < 1.29 is 9.18 Å². The first-order valence-corrected chi connectivity index (χ1v) is 7.26. The van der Waals surface area contributed by atoms with E-state index in [2.05, 4.69) is 15.5 Å². The van der Waals surface area contributed by atoms with Gasteiger partial charge in [0.05, 0.1) is 18.3 Å². The van der Waals surface area contributed by atoms with E-state index in [1.165, 1.54) is 12.3 Å². The van der Waals surface area contributed by atoms with E-state index in [1.807, 2.05) is 6.92 Å². The van der Waals surface area contributed by atoms with Gasteiger partial charge in [0.1, 0.15) is 5.82 Å². The monoisotopic (exact) mass is 313 g/mol. The van der Waals surface area contributed by atoms with Crippen molar-refractivity contribution in [1.29, 1.82) is 0 Å². The van der Waals surface area contributed by atoms with Gasteiger partial charge in [-0.2, -0.15) is 10.2 Å². The number of carbonyl (C=O) groups excluding carboxylic acids is 1. The van der Waals surface area contributed by atoms with Crippen LogP contribution in [-0.4, -0.2) is 25.5 Å². The first-order chi connectivity index (χ1) is 11.2. The van der Waals surface area contributed by atoms with Gasteiger partial charge in [-0.1, -0.05) is 18.2 Å². The van der Waals surface area contributed by atoms with Crippen molar-refractivity contribution in [2.24, 2.45) is 0 Å². The highest BCUT2D eigenvalue weighted by atomic mass is 19.1. The summed E-state index contributed by atoms with van der Waals surface area (Å²) >= 11 is 0. The first kappa shape index (κ1) is 15.0. The Hall–Kier alpha value is -2.96. The van der Waals surface area contributed by atoms with Crippen LogP contribution in [0.1, 0.15) is 22.8 Å². The number of rotatable bonds is 5. The molecule has 1 amide bonds. The van der Waals surface area contributed by atoms with Gasteiger partial charge in [-0.3, -0.25) is 14.2 Å². The van der Waals surface area contributed by atoms with Crippen molar-refractivity contribution in [2.75, 3.05) is 5.32 Å². The van der Waals surface area contributed by atoms with E-state index in [-0.39, 0.29) is 11.7 Å². The molecule has 1 aromatic carbocycles. The average molecular weight is 313 g/mol. The predicted molar refractivity (Wildman–Crippen MR) is 83.6 cm³/mol. The Kier molecular flexibility index (Phi) is 4.18. The van der Waals surface area contributed by atoms with Gasteiger partial charge in [-0.05, 0) is 13.0 Å². The molecule has 0 fully saturated rings. The zero-order chi connectivity index (χ0) is 16.2. The minimum absolute atomic E-state index is 0.277. The summed E-state index contributed by atoms with van der Waals surface area (Å²) in [7, 11) is 0. The molecule has 0 aliphatic rings. The summed E-state index contributed by atoms with van der Waals surface area (Å²) in [5, 5.41) is 11.0. The molecule has 2 heterocycles. The topological polar surface area (TPSA) is 64.7 Å². The van der Waals surface area contributed by atoms with Crippen molar-refractivity contribution in [3.8, 4) is 0 Å². The smallest absolute Gasteiger partial charge is 0.260 e. The van der Waals surface area contributed by atoms with E-state index in [9.17, 15) is 9.18 Å². The van der Waals surface area contributed by atoms with Crippen LogP contribution in [0.15, 0.2) is 48.9 Å². The van der Waals surface area contributed by atoms with Crippen LogP contribution in [0.3, 0.4) is 0 Å². The van der Waals surface area contributed by atoms with E-state index >= 15 is 0 Å². The number of benzene rings is 1. The Bertz CT molecular complexity index is 823. The molecular formula is C16H16FN5O. The highest BCUT2D eigenvalue weighted by Gasteiger charge is 2.10. The summed E-state index contributed by atoms with van der Waals surface area (Å²) in [6.45, 7) is 2.94. The lowest BCUT2D eigenvalue weighted by molar-refractivity contribution is 0.102. The van der Waals surface area contributed by atoms with Gasteiger partial charge in [-0.25, -0.2) is 4.39 Å². The van der Waals surface area contributed by atoms with Gasteiger partial charge < -0.3 is 5.32 Å². The van der Waals surface area contributed by atoms with Crippen molar-refractivity contribution in [2.45, 2.75) is 20.0 Å². The number of carbonyl (C=O) groups is 1. The summed E-state index contributed by atoms with van der Waals surface area (Å²) in [5.74, 6) is -0.142. The lowest BCUT2D eigenvalue weighted by Gasteiger charge is -2.03. The molecule has 0 unspecified atom stereocenters. The SMILES string of the molecule is CCn1cc(C(=O)Nc2ccn(Cc3ccccc3F)n2)cn1. The van der Waals surface area contributed by atoms with Crippen LogP contribution in [0.2, 0.25) is 0 Å². The van der Waals surface area contributed by atoms with Gasteiger partial charge in [0.2, 0.25) is 0 Å². The number of nitrogens with one attached hydrogen (secondary N) is 1. The first-order valence-electron chi connectivity index (χ1n) is 7.26. The molecule has 0 bridgehead atoms. The number of halogens is 1. The molecule has 0 atom stereocenters. The van der Waals surface area contributed by atoms with Gasteiger partial charge in [-0.15, -0.1) is 0 Å². The van der Waals surface area contributed by atoms with Crippen LogP contribution in [0.25, 0.3) is 0 Å². The van der Waals surface area contributed by atoms with Gasteiger partial charge in [0.25, 0.3) is 5.91 Å². The van der Waals surface area contributed by atoms with Crippen LogP contribution in [0, 0.1) is 5.82 Å². The summed E-state index contributed by atoms with van der Waals surface area (Å²) in [5.41, 5.74) is 1.01. The highest BCUT2D eigenvalue weighted by Crippen LogP contribution is 2.11. The number of amides is 1. The number of aryl methyl sites for hydroxylation is 1. The molecule has 7 heteroatoms. The lowest BCUT2D eigenvalue weighted by atomic mass is 10.2. The van der Waals surface area contributed by atoms with E-state index in [0.717, 1.165) is 0 Å². The van der Waals surface area contributed by atoms with Gasteiger partial charge >= 0.3 is 0 Å². The lowest BCUT2D eigenvalue weighted by Crippen LogP contribution is -2.12. The minimum Gasteiger partial charge on any atom is -0.305 e. The zero-order valence-corrected chi connectivity index (χ0v) is 12.6. The Balaban J connectivity index is 1.67. The van der Waals surface area contributed by atoms with Crippen molar-refractivity contribution in [3.63, 3.8) is 0 Å². The second-order valence-corrected chi connectivity index (χ2v) is 5.03. The number of hydrogen-bond donors (Lipinski definition) is 1. The third-order valence-electron chi connectivity index (χ3n) is 3.39. The summed E-state index contributed by atoms with van der Waals surface area (Å²) in [6.07, 6.45) is 4.87. The summed E-state index contributed by atoms with van der Waals surface area (Å²) in [4.78, 5) is 12.1. The van der Waals surface area contributed by atoms with Crippen LogP contribution in [-0.2, 0) is 13.1 Å². The fraction of sp³-hybridized carbons (Fsp3) is 0.188. The Morgan fingerprint density at radius 3 is 2.83 bits per heavy atom. The van der Waals surface area contributed by atoms with Crippen LogP contribution < -0.4 is 5.32 Å². The van der Waals surface area contributed by atoms with Crippen molar-refractivity contribution in [1.82, 2.24) is 19.6 Å². The molecule has 3 aromatic rings. The average Bonchev–Trinajstić information content (AvgIpc) is 3.19. The number of anilines is 1. The largest absolute Gasteiger partial charge is 0.305 e. The molecule has 0 saturated heterocycles. The Morgan fingerprint density at radius 2 is 2.09 bits per heavy atom. The molecule has 0 aliphatic carbocycles. The molecule has 6 nitrogen and oxygen atoms in total. The molecule has 2 aromatic heterocycles. The summed E-state index contributed by atoms with van der Waals surface area (Å²) < 4.78 is 16.9. The molecule has 0 aliphatic heterocycles. The maximum atomic E-state index is 13.6. The maximum Gasteiger partial charge on any atom is 0.260 e. The third kappa shape index (κ3) is 3.45. The zero-order valence-electron chi connectivity index (χ0n) is 12.6. The molecule has 1 N–H and O–H groups in total. The van der Waals surface area contributed by atoms with Crippen LogP contribution >= 0.6 is 0 Å². The summed E-state index contributed by atoms with van der Waals surface area (Å²) in [6, 6.07) is 8.20. The van der Waals surface area contributed by atoms with Crippen molar-refractivity contribution in [3.05, 3.63) is 65.9 Å². The molecule has 3 rings (SSSR count). The van der Waals surface area contributed by atoms with Crippen LogP contribution in [0.5, 0.6) is 0 Å². The van der Waals surface area contributed by atoms with E-state index in [0.29, 0.717) is 30.0 Å². The predicted octanol–water partition coefficient (Wildman–Crippen LogP) is 2.54. The standard InChI is InChI=1S/C16H16FN5O/c1-2-21-11-13(9-18-21)16(23)19-15-7-8-22(20-15)10-12-5-3-4-6-14(12)17/h3-9,11H,2,10H2,1H3,(H,19,20,23). The Morgan fingerprint density at radius 1 is 1.26 bits per heavy atom. The molecule has 118 valence electrons. The number of hydrogen-bond acceptors (Lipinski definition) is 3. The number of nitrogens with zero attached hydrogens (tertiary/aromatic N) is 4. The second kappa shape index (κ2) is 6.43. The molecule has 0 saturated carbocycles. The van der Waals surface area contributed by atoms with Crippen LogP contribution in [0.4, 0.5) is 10.2 Å². The fourth-order valence-corrected chi connectivity index (χ4v) is 2.16. The minimum atomic E-state index is -0.277. The van der Waals surface area contributed by atoms with E-state index in [1.54, 1.807) is 46.0 Å². The highest BCUT2D eigenvalue weighted by molar-refractivity contribution is 6.03. The normalized spacial score (nSPS) is 10.7. The maximum absolute atomic E-state index is 13.6. The molecular weight excluding hydrogens is 297 g/mol. The number of aromatic nitrogens is 4. The third-order valence-corrected chi connectivity index (χ3v) is 3.39. The molecule has 23 heavy (non-hydrogen) atoms. The second-order valence-electron chi connectivity index (χ2n) is 5.03. The van der Waals surface area contributed by atoms with Crippen molar-refractivity contribution >= 4 is 11.7 Å². The molecule has 0 radical (unpaired) electrons. The quantitative estimate of drug-likeness (QED) is 0.787. The van der Waals surface area contributed by atoms with E-state index < -0.39 is 0 Å². The van der Waals surface area contributed by atoms with E-state index in [4.69, 9.17) is 0 Å². The fourth-order valence-electron chi connectivity index (χ4n) is 2.16. The van der Waals surface area contributed by atoms with Gasteiger partial charge in [0, 0.05) is 30.6 Å². The molecule has 0 spiro atoms.